The number of H-pyrrole nitrogens is 1. The minimum atomic E-state index is -0.340. The highest BCUT2D eigenvalue weighted by atomic mass is 16.2. The number of piperazine rings is 1. The molecule has 3 aliphatic rings. The van der Waals surface area contributed by atoms with Crippen LogP contribution in [-0.2, 0) is 11.3 Å². The number of benzene rings is 3. The molecule has 0 radical (unpaired) electrons. The van der Waals surface area contributed by atoms with E-state index >= 15 is 0 Å². The van der Waals surface area contributed by atoms with Gasteiger partial charge in [-0.3, -0.25) is 25.0 Å². The van der Waals surface area contributed by atoms with Crippen molar-refractivity contribution in [3.63, 3.8) is 0 Å². The van der Waals surface area contributed by atoms with Gasteiger partial charge in [-0.05, 0) is 98.0 Å². The number of urea groups is 1. The average Bonchev–Trinajstić information content (AvgIpc) is 3.60. The third kappa shape index (κ3) is 7.11. The Balaban J connectivity index is 0.826. The highest BCUT2D eigenvalue weighted by Gasteiger charge is 2.26. The molecule has 52 heavy (non-hydrogen) atoms. The average molecular weight is 698 g/mol. The summed E-state index contributed by atoms with van der Waals surface area (Å²) in [6.45, 7) is 10.9. The predicted octanol–water partition coefficient (Wildman–Crippen LogP) is 5.80. The van der Waals surface area contributed by atoms with Gasteiger partial charge in [-0.25, -0.2) is 9.78 Å². The SMILES string of the molecule is CNCc1ccc(-c2n[nH]c3ncc(-c4ccc(N5CCN(CC6CCN(c7ccc(N8CCC(=O)NC8=O)cc7)CC6)CC5)cc4)cc23)cc1C. The standard InChI is InChI=1S/C41H47N9O2/c1-28-23-31(3-4-32(28)25-42-2)39-37-24-33(26-43-40(37)46-45-39)30-5-7-34(8-6-30)49-21-19-47(20-22-49)27-29-13-16-48(17-14-29)35-9-11-36(12-10-35)50-18-15-38(51)44-41(50)52/h3-12,23-24,26,29,42H,13-22,25,27H2,1-2H3,(H,43,45,46)(H,44,51,52). The summed E-state index contributed by atoms with van der Waals surface area (Å²) in [6.07, 6.45) is 4.64. The summed E-state index contributed by atoms with van der Waals surface area (Å²) >= 11 is 0. The third-order valence-electron chi connectivity index (χ3n) is 11.0. The molecule has 3 saturated heterocycles. The number of nitrogens with one attached hydrogen (secondary N) is 3. The van der Waals surface area contributed by atoms with Crippen LogP contribution in [0.4, 0.5) is 21.9 Å². The molecule has 0 saturated carbocycles. The Kier molecular flexibility index (Phi) is 9.62. The zero-order valence-corrected chi connectivity index (χ0v) is 30.1. The van der Waals surface area contributed by atoms with E-state index in [1.165, 1.54) is 35.3 Å². The lowest BCUT2D eigenvalue weighted by Crippen LogP contribution is -2.49. The molecule has 3 aromatic carbocycles. The van der Waals surface area contributed by atoms with Crippen molar-refractivity contribution in [2.45, 2.75) is 32.7 Å². The van der Waals surface area contributed by atoms with E-state index in [4.69, 9.17) is 4.98 Å². The number of anilines is 3. The molecule has 11 heteroatoms. The van der Waals surface area contributed by atoms with Crippen LogP contribution < -0.4 is 25.3 Å². The second-order valence-corrected chi connectivity index (χ2v) is 14.4. The first-order valence-electron chi connectivity index (χ1n) is 18.5. The quantitative estimate of drug-likeness (QED) is 0.177. The Hall–Kier alpha value is -5.26. The van der Waals surface area contributed by atoms with E-state index in [1.54, 1.807) is 4.90 Å². The maximum atomic E-state index is 12.2. The van der Waals surface area contributed by atoms with Gasteiger partial charge in [0.1, 0.15) is 5.69 Å². The van der Waals surface area contributed by atoms with Crippen molar-refractivity contribution in [2.75, 3.05) is 74.1 Å². The maximum Gasteiger partial charge on any atom is 0.328 e. The minimum absolute atomic E-state index is 0.209. The first-order valence-corrected chi connectivity index (χ1v) is 18.5. The minimum Gasteiger partial charge on any atom is -0.372 e. The molecule has 3 N–H and O–H groups in total. The molecular weight excluding hydrogens is 651 g/mol. The van der Waals surface area contributed by atoms with Gasteiger partial charge in [-0.15, -0.1) is 0 Å². The van der Waals surface area contributed by atoms with Crippen molar-refractivity contribution < 1.29 is 9.59 Å². The summed E-state index contributed by atoms with van der Waals surface area (Å²) < 4.78 is 0. The van der Waals surface area contributed by atoms with Crippen molar-refractivity contribution in [1.29, 1.82) is 0 Å². The van der Waals surface area contributed by atoms with Gasteiger partial charge in [0.25, 0.3) is 0 Å². The fourth-order valence-electron chi connectivity index (χ4n) is 7.96. The van der Waals surface area contributed by atoms with Crippen LogP contribution in [0.2, 0.25) is 0 Å². The number of piperidine rings is 1. The van der Waals surface area contributed by atoms with E-state index in [0.29, 0.717) is 18.9 Å². The van der Waals surface area contributed by atoms with Crippen molar-refractivity contribution in [1.82, 2.24) is 30.7 Å². The summed E-state index contributed by atoms with van der Waals surface area (Å²) in [5.74, 6) is 0.499. The van der Waals surface area contributed by atoms with Gasteiger partial charge in [0.15, 0.2) is 5.65 Å². The Morgan fingerprint density at radius 1 is 0.769 bits per heavy atom. The van der Waals surface area contributed by atoms with E-state index in [9.17, 15) is 9.59 Å². The van der Waals surface area contributed by atoms with Gasteiger partial charge in [-0.2, -0.15) is 5.10 Å². The number of nitrogens with zero attached hydrogens (tertiary/aromatic N) is 6. The molecule has 11 nitrogen and oxygen atoms in total. The molecule has 8 rings (SSSR count). The van der Waals surface area contributed by atoms with Crippen LogP contribution in [-0.4, -0.2) is 91.4 Å². The molecule has 5 aromatic rings. The summed E-state index contributed by atoms with van der Waals surface area (Å²) in [4.78, 5) is 37.7. The molecule has 0 spiro atoms. The number of aromatic amines is 1. The zero-order chi connectivity index (χ0) is 35.6. The lowest BCUT2D eigenvalue weighted by atomic mass is 9.95. The first-order chi connectivity index (χ1) is 25.4. The van der Waals surface area contributed by atoms with Crippen LogP contribution in [0.3, 0.4) is 0 Å². The molecule has 0 aliphatic carbocycles. The van der Waals surface area contributed by atoms with Crippen LogP contribution in [0.1, 0.15) is 30.4 Å². The predicted molar refractivity (Wildman–Crippen MR) is 208 cm³/mol. The molecule has 0 atom stereocenters. The smallest absolute Gasteiger partial charge is 0.328 e. The van der Waals surface area contributed by atoms with Gasteiger partial charge in [0.2, 0.25) is 5.91 Å². The van der Waals surface area contributed by atoms with Gasteiger partial charge in [0.05, 0.1) is 0 Å². The van der Waals surface area contributed by atoms with Gasteiger partial charge >= 0.3 is 6.03 Å². The summed E-state index contributed by atoms with van der Waals surface area (Å²) in [5, 5.41) is 14.4. The van der Waals surface area contributed by atoms with Gasteiger partial charge < -0.3 is 15.1 Å². The van der Waals surface area contributed by atoms with Crippen molar-refractivity contribution in [2.24, 2.45) is 5.92 Å². The molecule has 3 amide bonds. The van der Waals surface area contributed by atoms with Crippen LogP contribution in [0, 0.1) is 12.8 Å². The Bertz CT molecular complexity index is 2040. The lowest BCUT2D eigenvalue weighted by molar-refractivity contribution is -0.120. The number of aryl methyl sites for hydroxylation is 1. The number of carbonyl (C=O) groups is 2. The largest absolute Gasteiger partial charge is 0.372 e. The van der Waals surface area contributed by atoms with E-state index in [2.05, 4.69) is 103 Å². The van der Waals surface area contributed by atoms with Crippen LogP contribution >= 0.6 is 0 Å². The molecule has 0 bridgehead atoms. The van der Waals surface area contributed by atoms with E-state index in [0.717, 1.165) is 91.5 Å². The second-order valence-electron chi connectivity index (χ2n) is 14.4. The molecule has 5 heterocycles. The maximum absolute atomic E-state index is 12.2. The fraction of sp³-hybridized carbons (Fsp3) is 0.366. The second kappa shape index (κ2) is 14.8. The summed E-state index contributed by atoms with van der Waals surface area (Å²) in [6, 6.07) is 25.5. The number of carbonyl (C=O) groups excluding carboxylic acids is 2. The van der Waals surface area contributed by atoms with E-state index in [-0.39, 0.29) is 11.9 Å². The number of rotatable bonds is 9. The fourth-order valence-corrected chi connectivity index (χ4v) is 7.96. The molecule has 3 aliphatic heterocycles. The summed E-state index contributed by atoms with van der Waals surface area (Å²) in [7, 11) is 1.97. The van der Waals surface area contributed by atoms with Crippen molar-refractivity contribution in [3.8, 4) is 22.4 Å². The first kappa shape index (κ1) is 33.9. The van der Waals surface area contributed by atoms with Crippen molar-refractivity contribution >= 4 is 40.0 Å². The number of hydrogen-bond donors (Lipinski definition) is 3. The summed E-state index contributed by atoms with van der Waals surface area (Å²) in [5.41, 5.74) is 10.9. The number of pyridine rings is 1. The number of hydrogen-bond acceptors (Lipinski definition) is 8. The normalized spacial score (nSPS) is 17.6. The monoisotopic (exact) mass is 697 g/mol. The van der Waals surface area contributed by atoms with Crippen LogP contribution in [0.5, 0.6) is 0 Å². The number of imide groups is 1. The molecular formula is C41H47N9O2. The van der Waals surface area contributed by atoms with Crippen LogP contribution in [0.25, 0.3) is 33.4 Å². The van der Waals surface area contributed by atoms with Gasteiger partial charge in [-0.1, -0.05) is 24.3 Å². The van der Waals surface area contributed by atoms with Crippen molar-refractivity contribution in [3.05, 3.63) is 90.1 Å². The number of amides is 3. The topological polar surface area (TPSA) is 113 Å². The highest BCUT2D eigenvalue weighted by molar-refractivity contribution is 6.05. The Labute approximate surface area is 305 Å². The Morgan fingerprint density at radius 3 is 2.13 bits per heavy atom. The third-order valence-corrected chi connectivity index (χ3v) is 11.0. The lowest BCUT2D eigenvalue weighted by Gasteiger charge is -2.40. The zero-order valence-electron chi connectivity index (χ0n) is 30.1. The molecule has 0 unspecified atom stereocenters. The van der Waals surface area contributed by atoms with E-state index < -0.39 is 0 Å². The molecule has 3 fully saturated rings. The van der Waals surface area contributed by atoms with Gasteiger partial charge in [0, 0.05) is 105 Å². The van der Waals surface area contributed by atoms with Crippen LogP contribution in [0.15, 0.2) is 79.0 Å². The number of aromatic nitrogens is 3. The number of fused-ring (bicyclic) bond motifs is 1. The molecule has 268 valence electrons. The van der Waals surface area contributed by atoms with E-state index in [1.807, 2.05) is 25.4 Å². The molecule has 2 aromatic heterocycles. The Morgan fingerprint density at radius 2 is 1.44 bits per heavy atom. The highest BCUT2D eigenvalue weighted by Crippen LogP contribution is 2.32.